The molecule has 8 heteroatoms. The van der Waals surface area contributed by atoms with E-state index in [4.69, 9.17) is 11.6 Å². The molecule has 0 bridgehead atoms. The van der Waals surface area contributed by atoms with E-state index in [2.05, 4.69) is 31.9 Å². The molecule has 1 aromatic heterocycles. The first-order valence-corrected chi connectivity index (χ1v) is 8.61. The van der Waals surface area contributed by atoms with E-state index < -0.39 is 0 Å². The van der Waals surface area contributed by atoms with Crippen LogP contribution in [0.25, 0.3) is 11.4 Å². The molecule has 1 aliphatic heterocycles. The van der Waals surface area contributed by atoms with Crippen molar-refractivity contribution in [3.63, 3.8) is 0 Å². The highest BCUT2D eigenvalue weighted by atomic mass is 35.5. The van der Waals surface area contributed by atoms with Crippen LogP contribution in [-0.4, -0.2) is 46.5 Å². The minimum Gasteiger partial charge on any atom is -0.335 e. The molecule has 23 heavy (non-hydrogen) atoms. The Morgan fingerprint density at radius 2 is 2.09 bits per heavy atom. The molecule has 0 saturated carbocycles. The molecular formula is C15H18ClN5OS. The zero-order valence-electron chi connectivity index (χ0n) is 12.8. The minimum absolute atomic E-state index is 0.210. The fourth-order valence-electron chi connectivity index (χ4n) is 2.50. The van der Waals surface area contributed by atoms with Crippen LogP contribution in [-0.2, 0) is 0 Å². The Bertz CT molecular complexity index is 684. The van der Waals surface area contributed by atoms with Gasteiger partial charge >= 0.3 is 6.03 Å². The van der Waals surface area contributed by atoms with E-state index in [1.165, 1.54) is 0 Å². The van der Waals surface area contributed by atoms with Crippen molar-refractivity contribution in [3.05, 3.63) is 29.3 Å². The lowest BCUT2D eigenvalue weighted by Gasteiger charge is -2.29. The van der Waals surface area contributed by atoms with E-state index in [1.54, 1.807) is 6.07 Å². The predicted molar refractivity (Wildman–Crippen MR) is 93.0 cm³/mol. The zero-order valence-corrected chi connectivity index (χ0v) is 14.3. The number of likely N-dealkylation sites (tertiary alicyclic amines) is 1. The Balaban J connectivity index is 1.58. The lowest BCUT2D eigenvalue weighted by atomic mass is 10.1. The Labute approximate surface area is 144 Å². The molecule has 122 valence electrons. The number of urea groups is 1. The third-order valence-corrected chi connectivity index (χ3v) is 4.78. The van der Waals surface area contributed by atoms with Crippen LogP contribution < -0.4 is 10.6 Å². The second-order valence-electron chi connectivity index (χ2n) is 5.58. The van der Waals surface area contributed by atoms with Gasteiger partial charge in [0.25, 0.3) is 0 Å². The van der Waals surface area contributed by atoms with Crippen molar-refractivity contribution in [2.24, 2.45) is 0 Å². The molecule has 1 fully saturated rings. The summed E-state index contributed by atoms with van der Waals surface area (Å²) in [4.78, 5) is 18.6. The van der Waals surface area contributed by atoms with Crippen molar-refractivity contribution >= 4 is 34.3 Å². The summed E-state index contributed by atoms with van der Waals surface area (Å²) in [5.74, 6) is 0.523. The number of carbonyl (C=O) groups is 1. The number of benzene rings is 1. The molecule has 2 heterocycles. The van der Waals surface area contributed by atoms with Crippen LogP contribution >= 0.6 is 23.1 Å². The van der Waals surface area contributed by atoms with Gasteiger partial charge in [-0.25, -0.2) is 4.79 Å². The predicted octanol–water partition coefficient (Wildman–Crippen LogP) is 3.07. The summed E-state index contributed by atoms with van der Waals surface area (Å²) in [6.45, 7) is 2.00. The summed E-state index contributed by atoms with van der Waals surface area (Å²) >= 11 is 7.28. The van der Waals surface area contributed by atoms with E-state index >= 15 is 0 Å². The highest BCUT2D eigenvalue weighted by Gasteiger charge is 2.19. The second kappa shape index (κ2) is 7.25. The molecule has 1 aromatic carbocycles. The fourth-order valence-corrected chi connectivity index (χ4v) is 3.30. The van der Waals surface area contributed by atoms with Crippen molar-refractivity contribution in [1.82, 2.24) is 19.6 Å². The maximum atomic E-state index is 12.1. The Kier molecular flexibility index (Phi) is 5.09. The molecule has 0 spiro atoms. The number of nitrogens with one attached hydrogen (secondary N) is 2. The van der Waals surface area contributed by atoms with E-state index in [-0.39, 0.29) is 12.1 Å². The third-order valence-electron chi connectivity index (χ3n) is 3.82. The molecule has 0 atom stereocenters. The number of rotatable bonds is 3. The lowest BCUT2D eigenvalue weighted by molar-refractivity contribution is 0.221. The fraction of sp³-hybridized carbons (Fsp3) is 0.400. The summed E-state index contributed by atoms with van der Waals surface area (Å²) < 4.78 is 4.25. The molecule has 1 saturated heterocycles. The number of nitrogens with zero attached hydrogens (tertiary/aromatic N) is 3. The first-order valence-electron chi connectivity index (χ1n) is 7.46. The number of hydrogen-bond donors (Lipinski definition) is 2. The van der Waals surface area contributed by atoms with Gasteiger partial charge in [-0.05, 0) is 45.1 Å². The maximum Gasteiger partial charge on any atom is 0.321 e. The average molecular weight is 352 g/mol. The topological polar surface area (TPSA) is 70.2 Å². The first-order chi connectivity index (χ1) is 11.1. The number of aromatic nitrogens is 2. The van der Waals surface area contributed by atoms with Crippen molar-refractivity contribution in [3.8, 4) is 11.4 Å². The van der Waals surface area contributed by atoms with Crippen LogP contribution in [0.15, 0.2) is 24.3 Å². The Hall–Kier alpha value is -1.70. The van der Waals surface area contributed by atoms with Gasteiger partial charge in [-0.15, -0.1) is 0 Å². The first kappa shape index (κ1) is 16.2. The SMILES string of the molecule is CN1CCC(NC(=O)Nc2nc(-c3ccccc3Cl)ns2)CC1. The van der Waals surface area contributed by atoms with Gasteiger partial charge in [0.05, 0.1) is 5.02 Å². The van der Waals surface area contributed by atoms with E-state index in [0.29, 0.717) is 16.0 Å². The number of piperidine rings is 1. The number of anilines is 1. The minimum atomic E-state index is -0.235. The van der Waals surface area contributed by atoms with E-state index in [9.17, 15) is 4.79 Å². The van der Waals surface area contributed by atoms with Gasteiger partial charge in [-0.2, -0.15) is 9.36 Å². The zero-order chi connectivity index (χ0) is 16.2. The normalized spacial score (nSPS) is 16.3. The Morgan fingerprint density at radius 1 is 1.35 bits per heavy atom. The quantitative estimate of drug-likeness (QED) is 0.891. The second-order valence-corrected chi connectivity index (χ2v) is 6.74. The van der Waals surface area contributed by atoms with Crippen LogP contribution in [0.5, 0.6) is 0 Å². The van der Waals surface area contributed by atoms with Crippen LogP contribution in [0.2, 0.25) is 5.02 Å². The van der Waals surface area contributed by atoms with Gasteiger partial charge in [0.2, 0.25) is 5.13 Å². The highest BCUT2D eigenvalue weighted by molar-refractivity contribution is 7.10. The molecule has 2 N–H and O–H groups in total. The van der Waals surface area contributed by atoms with Gasteiger partial charge in [-0.1, -0.05) is 23.7 Å². The smallest absolute Gasteiger partial charge is 0.321 e. The van der Waals surface area contributed by atoms with Crippen LogP contribution in [0.3, 0.4) is 0 Å². The van der Waals surface area contributed by atoms with Crippen molar-refractivity contribution in [1.29, 1.82) is 0 Å². The number of amides is 2. The number of halogens is 1. The molecule has 0 aliphatic carbocycles. The van der Waals surface area contributed by atoms with E-state index in [0.717, 1.165) is 43.0 Å². The molecule has 3 rings (SSSR count). The number of carbonyl (C=O) groups excluding carboxylic acids is 1. The molecule has 2 amide bonds. The highest BCUT2D eigenvalue weighted by Crippen LogP contribution is 2.27. The van der Waals surface area contributed by atoms with Crippen molar-refractivity contribution < 1.29 is 4.79 Å². The molecule has 6 nitrogen and oxygen atoms in total. The molecule has 0 radical (unpaired) electrons. The largest absolute Gasteiger partial charge is 0.335 e. The summed E-state index contributed by atoms with van der Waals surface area (Å²) in [7, 11) is 2.09. The summed E-state index contributed by atoms with van der Waals surface area (Å²) in [6, 6.07) is 7.35. The van der Waals surface area contributed by atoms with Crippen molar-refractivity contribution in [2.75, 3.05) is 25.5 Å². The maximum absolute atomic E-state index is 12.1. The molecule has 0 unspecified atom stereocenters. The summed E-state index contributed by atoms with van der Waals surface area (Å²) in [5, 5.41) is 6.79. The summed E-state index contributed by atoms with van der Waals surface area (Å²) in [6.07, 6.45) is 1.93. The number of hydrogen-bond acceptors (Lipinski definition) is 5. The lowest BCUT2D eigenvalue weighted by Crippen LogP contribution is -2.44. The van der Waals surface area contributed by atoms with Crippen molar-refractivity contribution in [2.45, 2.75) is 18.9 Å². The van der Waals surface area contributed by atoms with Gasteiger partial charge < -0.3 is 10.2 Å². The van der Waals surface area contributed by atoms with Crippen LogP contribution in [0.1, 0.15) is 12.8 Å². The standard InChI is InChI=1S/C15H18ClN5OS/c1-21-8-6-10(7-9-21)17-14(22)19-15-18-13(20-23-15)11-4-2-3-5-12(11)16/h2-5,10H,6-9H2,1H3,(H2,17,18,19,20,22). The van der Waals surface area contributed by atoms with Crippen LogP contribution in [0, 0.1) is 0 Å². The van der Waals surface area contributed by atoms with Gasteiger partial charge in [0, 0.05) is 23.1 Å². The summed E-state index contributed by atoms with van der Waals surface area (Å²) in [5.41, 5.74) is 0.759. The monoisotopic (exact) mass is 351 g/mol. The molecule has 1 aliphatic rings. The molecular weight excluding hydrogens is 334 g/mol. The van der Waals surface area contributed by atoms with E-state index in [1.807, 2.05) is 18.2 Å². The van der Waals surface area contributed by atoms with Gasteiger partial charge in [0.15, 0.2) is 5.82 Å². The van der Waals surface area contributed by atoms with Gasteiger partial charge in [-0.3, -0.25) is 5.32 Å². The molecule has 2 aromatic rings. The van der Waals surface area contributed by atoms with Crippen LogP contribution in [0.4, 0.5) is 9.93 Å². The van der Waals surface area contributed by atoms with Gasteiger partial charge in [0.1, 0.15) is 0 Å². The Morgan fingerprint density at radius 3 is 2.83 bits per heavy atom. The third kappa shape index (κ3) is 4.19. The average Bonchev–Trinajstić information content (AvgIpc) is 2.98.